The Balaban J connectivity index is 2.77. The molecule has 0 saturated heterocycles. The Morgan fingerprint density at radius 3 is 2.93 bits per heavy atom. The zero-order valence-electron chi connectivity index (χ0n) is 8.92. The molecule has 0 radical (unpaired) electrons. The summed E-state index contributed by atoms with van der Waals surface area (Å²) >= 11 is 5.79. The third kappa shape index (κ3) is 3.77. The molecule has 0 aliphatic rings. The molecule has 4 heteroatoms. The second-order valence-electron chi connectivity index (χ2n) is 3.51. The molecule has 3 nitrogen and oxygen atoms in total. The molecule has 1 aromatic rings. The molecule has 0 aliphatic heterocycles. The van der Waals surface area contributed by atoms with E-state index in [9.17, 15) is 0 Å². The number of nitrogens with zero attached hydrogens (tertiary/aromatic N) is 2. The Morgan fingerprint density at radius 2 is 2.33 bits per heavy atom. The summed E-state index contributed by atoms with van der Waals surface area (Å²) in [4.78, 5) is 4.11. The Labute approximate surface area is 95.1 Å². The van der Waals surface area contributed by atoms with Crippen molar-refractivity contribution in [1.29, 1.82) is 5.26 Å². The van der Waals surface area contributed by atoms with Crippen molar-refractivity contribution < 1.29 is 0 Å². The molecular weight excluding hydrogens is 210 g/mol. The van der Waals surface area contributed by atoms with Crippen LogP contribution < -0.4 is 5.32 Å². The Kier molecular flexibility index (Phi) is 4.38. The highest BCUT2D eigenvalue weighted by Crippen LogP contribution is 2.15. The van der Waals surface area contributed by atoms with Gasteiger partial charge in [0.15, 0.2) is 0 Å². The standard InChI is InChI=1S/C11H14ClN3/c1-3-4-8(2)14-11-6-9(7-13)5-10(12)15-11/h5-6,8H,3-4H2,1-2H3,(H,14,15). The predicted molar refractivity (Wildman–Crippen MR) is 62.0 cm³/mol. The summed E-state index contributed by atoms with van der Waals surface area (Å²) in [7, 11) is 0. The smallest absolute Gasteiger partial charge is 0.132 e. The van der Waals surface area contributed by atoms with Crippen molar-refractivity contribution in [2.45, 2.75) is 32.7 Å². The monoisotopic (exact) mass is 223 g/mol. The molecule has 0 saturated carbocycles. The normalized spacial score (nSPS) is 11.9. The van der Waals surface area contributed by atoms with Gasteiger partial charge in [0.2, 0.25) is 0 Å². The number of halogens is 1. The lowest BCUT2D eigenvalue weighted by Gasteiger charge is -2.13. The van der Waals surface area contributed by atoms with Crippen LogP contribution in [0.2, 0.25) is 5.15 Å². The zero-order chi connectivity index (χ0) is 11.3. The minimum absolute atomic E-state index is 0.340. The summed E-state index contributed by atoms with van der Waals surface area (Å²) in [6.07, 6.45) is 2.18. The van der Waals surface area contributed by atoms with Gasteiger partial charge in [-0.2, -0.15) is 5.26 Å². The number of aromatic nitrogens is 1. The number of hydrogen-bond acceptors (Lipinski definition) is 3. The average Bonchev–Trinajstić information content (AvgIpc) is 2.17. The fourth-order valence-electron chi connectivity index (χ4n) is 1.39. The minimum Gasteiger partial charge on any atom is -0.368 e. The van der Waals surface area contributed by atoms with Crippen LogP contribution in [0, 0.1) is 11.3 Å². The number of nitriles is 1. The maximum absolute atomic E-state index is 8.76. The van der Waals surface area contributed by atoms with Crippen molar-refractivity contribution in [3.05, 3.63) is 22.8 Å². The fourth-order valence-corrected chi connectivity index (χ4v) is 1.60. The lowest BCUT2D eigenvalue weighted by Crippen LogP contribution is -2.15. The molecule has 15 heavy (non-hydrogen) atoms. The molecule has 80 valence electrons. The summed E-state index contributed by atoms with van der Waals surface area (Å²) in [6, 6.07) is 5.65. The number of hydrogen-bond donors (Lipinski definition) is 1. The topological polar surface area (TPSA) is 48.7 Å². The van der Waals surface area contributed by atoms with E-state index in [2.05, 4.69) is 24.1 Å². The third-order valence-electron chi connectivity index (χ3n) is 2.04. The molecule has 0 amide bonds. The number of pyridine rings is 1. The van der Waals surface area contributed by atoms with Crippen molar-refractivity contribution in [3.63, 3.8) is 0 Å². The van der Waals surface area contributed by atoms with Crippen LogP contribution in [0.5, 0.6) is 0 Å². The first-order valence-electron chi connectivity index (χ1n) is 5.00. The summed E-state index contributed by atoms with van der Waals surface area (Å²) in [6.45, 7) is 4.21. The summed E-state index contributed by atoms with van der Waals surface area (Å²) in [5.41, 5.74) is 0.529. The SMILES string of the molecule is CCCC(C)Nc1cc(C#N)cc(Cl)n1. The first-order chi connectivity index (χ1) is 7.15. The number of anilines is 1. The lowest BCUT2D eigenvalue weighted by atomic mass is 10.2. The van der Waals surface area contributed by atoms with Gasteiger partial charge in [-0.1, -0.05) is 24.9 Å². The number of rotatable bonds is 4. The Bertz CT molecular complexity index is 371. The quantitative estimate of drug-likeness (QED) is 0.798. The van der Waals surface area contributed by atoms with Gasteiger partial charge in [-0.25, -0.2) is 4.98 Å². The van der Waals surface area contributed by atoms with E-state index in [1.165, 1.54) is 0 Å². The van der Waals surface area contributed by atoms with Crippen LogP contribution in [-0.4, -0.2) is 11.0 Å². The highest BCUT2D eigenvalue weighted by atomic mass is 35.5. The van der Waals surface area contributed by atoms with E-state index in [0.717, 1.165) is 12.8 Å². The molecule has 0 bridgehead atoms. The summed E-state index contributed by atoms with van der Waals surface area (Å²) < 4.78 is 0. The molecule has 0 aliphatic carbocycles. The highest BCUT2D eigenvalue weighted by Gasteiger charge is 2.04. The Hall–Kier alpha value is -1.27. The van der Waals surface area contributed by atoms with Gasteiger partial charge in [0, 0.05) is 6.04 Å². The van der Waals surface area contributed by atoms with Crippen molar-refractivity contribution in [2.75, 3.05) is 5.32 Å². The van der Waals surface area contributed by atoms with Gasteiger partial charge in [0.25, 0.3) is 0 Å². The highest BCUT2D eigenvalue weighted by molar-refractivity contribution is 6.29. The second kappa shape index (κ2) is 5.57. The van der Waals surface area contributed by atoms with Gasteiger partial charge < -0.3 is 5.32 Å². The van der Waals surface area contributed by atoms with Crippen molar-refractivity contribution in [2.24, 2.45) is 0 Å². The van der Waals surface area contributed by atoms with Crippen molar-refractivity contribution >= 4 is 17.4 Å². The zero-order valence-corrected chi connectivity index (χ0v) is 9.67. The minimum atomic E-state index is 0.340. The average molecular weight is 224 g/mol. The van der Waals surface area contributed by atoms with E-state index in [0.29, 0.717) is 22.6 Å². The van der Waals surface area contributed by atoms with Crippen LogP contribution in [0.3, 0.4) is 0 Å². The molecule has 0 aromatic carbocycles. The van der Waals surface area contributed by atoms with Crippen LogP contribution >= 0.6 is 11.6 Å². The van der Waals surface area contributed by atoms with Gasteiger partial charge in [0.1, 0.15) is 11.0 Å². The first kappa shape index (κ1) is 11.8. The molecule has 0 fully saturated rings. The molecule has 1 N–H and O–H groups in total. The van der Waals surface area contributed by atoms with E-state index in [1.54, 1.807) is 12.1 Å². The van der Waals surface area contributed by atoms with Crippen molar-refractivity contribution in [3.8, 4) is 6.07 Å². The van der Waals surface area contributed by atoms with Gasteiger partial charge in [-0.15, -0.1) is 0 Å². The van der Waals surface area contributed by atoms with Crippen LogP contribution in [0.1, 0.15) is 32.3 Å². The molecule has 0 spiro atoms. The van der Waals surface area contributed by atoms with Crippen molar-refractivity contribution in [1.82, 2.24) is 4.98 Å². The van der Waals surface area contributed by atoms with Crippen LogP contribution in [0.4, 0.5) is 5.82 Å². The predicted octanol–water partition coefficient (Wildman–Crippen LogP) is 3.21. The number of nitrogens with one attached hydrogen (secondary N) is 1. The lowest BCUT2D eigenvalue weighted by molar-refractivity contribution is 0.687. The maximum atomic E-state index is 8.76. The maximum Gasteiger partial charge on any atom is 0.132 e. The van der Waals surface area contributed by atoms with Crippen LogP contribution in [-0.2, 0) is 0 Å². The van der Waals surface area contributed by atoms with E-state index < -0.39 is 0 Å². The summed E-state index contributed by atoms with van der Waals surface area (Å²) in [5, 5.41) is 12.3. The van der Waals surface area contributed by atoms with Crippen LogP contribution in [0.25, 0.3) is 0 Å². The van der Waals surface area contributed by atoms with E-state index in [4.69, 9.17) is 16.9 Å². The van der Waals surface area contributed by atoms with Gasteiger partial charge in [-0.05, 0) is 25.5 Å². The van der Waals surface area contributed by atoms with E-state index >= 15 is 0 Å². The summed E-state index contributed by atoms with van der Waals surface area (Å²) in [5.74, 6) is 0.667. The second-order valence-corrected chi connectivity index (χ2v) is 3.90. The van der Waals surface area contributed by atoms with Gasteiger partial charge in [-0.3, -0.25) is 0 Å². The fraction of sp³-hybridized carbons (Fsp3) is 0.455. The molecular formula is C11H14ClN3. The van der Waals surface area contributed by atoms with Gasteiger partial charge >= 0.3 is 0 Å². The first-order valence-corrected chi connectivity index (χ1v) is 5.37. The van der Waals surface area contributed by atoms with E-state index in [1.807, 2.05) is 6.07 Å². The molecule has 1 aromatic heterocycles. The largest absolute Gasteiger partial charge is 0.368 e. The molecule has 1 unspecified atom stereocenters. The molecule has 1 rings (SSSR count). The Morgan fingerprint density at radius 1 is 1.60 bits per heavy atom. The van der Waals surface area contributed by atoms with E-state index in [-0.39, 0.29) is 0 Å². The molecule has 1 heterocycles. The van der Waals surface area contributed by atoms with Gasteiger partial charge in [0.05, 0.1) is 11.6 Å². The van der Waals surface area contributed by atoms with Crippen LogP contribution in [0.15, 0.2) is 12.1 Å². The third-order valence-corrected chi connectivity index (χ3v) is 2.23. The molecule has 1 atom stereocenters.